The molecule has 0 aliphatic carbocycles. The third kappa shape index (κ3) is 2.80. The normalized spacial score (nSPS) is 10.4. The molecule has 0 aliphatic heterocycles. The third-order valence-corrected chi connectivity index (χ3v) is 3.16. The Morgan fingerprint density at radius 3 is 2.35 bits per heavy atom. The van der Waals surface area contributed by atoms with Crippen LogP contribution in [0.4, 0.5) is 11.7 Å². The molecule has 3 rings (SSSR count). The van der Waals surface area contributed by atoms with Gasteiger partial charge in [-0.05, 0) is 48.5 Å². The highest BCUT2D eigenvalue weighted by Gasteiger charge is 2.08. The lowest BCUT2D eigenvalue weighted by molar-refractivity contribution is 0.475. The van der Waals surface area contributed by atoms with Gasteiger partial charge in [0, 0.05) is 15.7 Å². The van der Waals surface area contributed by atoms with Crippen LogP contribution >= 0.6 is 15.9 Å². The number of nitrogens with one attached hydrogen (secondary N) is 1. The standard InChI is InChI=1S/C14H10BrN3O2/c15-10-3-5-11(6-4-10)16-14-18-17-13(20-14)9-1-7-12(19)8-2-9/h1-8,19H,(H,16,18). The van der Waals surface area contributed by atoms with Crippen LogP contribution in [0.2, 0.25) is 0 Å². The van der Waals surface area contributed by atoms with Crippen LogP contribution in [0.1, 0.15) is 0 Å². The Morgan fingerprint density at radius 1 is 0.950 bits per heavy atom. The molecule has 0 amide bonds. The number of anilines is 2. The lowest BCUT2D eigenvalue weighted by atomic mass is 10.2. The second-order valence-corrected chi connectivity index (χ2v) is 5.01. The molecule has 5 nitrogen and oxygen atoms in total. The van der Waals surface area contributed by atoms with Crippen LogP contribution in [0.5, 0.6) is 5.75 Å². The number of hydrogen-bond donors (Lipinski definition) is 2. The molecule has 100 valence electrons. The SMILES string of the molecule is Oc1ccc(-c2nnc(Nc3ccc(Br)cc3)o2)cc1. The second kappa shape index (κ2) is 5.34. The summed E-state index contributed by atoms with van der Waals surface area (Å²) in [6, 6.07) is 14.5. The van der Waals surface area contributed by atoms with Gasteiger partial charge in [-0.3, -0.25) is 0 Å². The van der Waals surface area contributed by atoms with Crippen molar-refractivity contribution in [3.05, 3.63) is 53.0 Å². The quantitative estimate of drug-likeness (QED) is 0.760. The van der Waals surface area contributed by atoms with Crippen LogP contribution in [-0.2, 0) is 0 Å². The van der Waals surface area contributed by atoms with Gasteiger partial charge in [0.15, 0.2) is 0 Å². The summed E-state index contributed by atoms with van der Waals surface area (Å²) in [7, 11) is 0. The first-order valence-corrected chi connectivity index (χ1v) is 6.65. The largest absolute Gasteiger partial charge is 0.508 e. The maximum atomic E-state index is 9.24. The van der Waals surface area contributed by atoms with E-state index in [0.29, 0.717) is 11.9 Å². The molecule has 0 saturated heterocycles. The molecule has 6 heteroatoms. The van der Waals surface area contributed by atoms with Crippen molar-refractivity contribution in [2.24, 2.45) is 0 Å². The van der Waals surface area contributed by atoms with Crippen LogP contribution in [-0.4, -0.2) is 15.3 Å². The maximum absolute atomic E-state index is 9.24. The van der Waals surface area contributed by atoms with Crippen LogP contribution in [0.25, 0.3) is 11.5 Å². The summed E-state index contributed by atoms with van der Waals surface area (Å²) in [6.45, 7) is 0. The van der Waals surface area contributed by atoms with Crippen LogP contribution in [0.15, 0.2) is 57.4 Å². The van der Waals surface area contributed by atoms with Gasteiger partial charge in [0.05, 0.1) is 0 Å². The van der Waals surface area contributed by atoms with E-state index in [0.717, 1.165) is 15.7 Å². The van der Waals surface area contributed by atoms with Crippen molar-refractivity contribution >= 4 is 27.6 Å². The minimum Gasteiger partial charge on any atom is -0.508 e. The summed E-state index contributed by atoms with van der Waals surface area (Å²) in [5, 5.41) is 20.2. The molecule has 0 spiro atoms. The van der Waals surface area contributed by atoms with Crippen molar-refractivity contribution in [2.45, 2.75) is 0 Å². The van der Waals surface area contributed by atoms with E-state index < -0.39 is 0 Å². The van der Waals surface area contributed by atoms with Gasteiger partial charge in [-0.1, -0.05) is 21.0 Å². The number of nitrogens with zero attached hydrogens (tertiary/aromatic N) is 2. The smallest absolute Gasteiger partial charge is 0.320 e. The average Bonchev–Trinajstić information content (AvgIpc) is 2.91. The topological polar surface area (TPSA) is 71.2 Å². The van der Waals surface area contributed by atoms with Crippen molar-refractivity contribution in [1.29, 1.82) is 0 Å². The molecule has 1 heterocycles. The lowest BCUT2D eigenvalue weighted by Crippen LogP contribution is -1.89. The molecule has 1 aromatic heterocycles. The first kappa shape index (κ1) is 12.7. The van der Waals surface area contributed by atoms with Gasteiger partial charge >= 0.3 is 6.01 Å². The molecule has 0 saturated carbocycles. The average molecular weight is 332 g/mol. The summed E-state index contributed by atoms with van der Waals surface area (Å²) >= 11 is 3.37. The number of phenols is 1. The number of phenolic OH excluding ortho intramolecular Hbond substituents is 1. The Kier molecular flexibility index (Phi) is 3.39. The zero-order valence-electron chi connectivity index (χ0n) is 10.2. The number of halogens is 1. The predicted molar refractivity (Wildman–Crippen MR) is 78.8 cm³/mol. The summed E-state index contributed by atoms with van der Waals surface area (Å²) in [4.78, 5) is 0. The minimum absolute atomic E-state index is 0.196. The molecule has 0 unspecified atom stereocenters. The summed E-state index contributed by atoms with van der Waals surface area (Å²) in [5.74, 6) is 0.589. The zero-order valence-corrected chi connectivity index (χ0v) is 11.8. The van der Waals surface area contributed by atoms with Crippen molar-refractivity contribution in [3.8, 4) is 17.2 Å². The number of benzene rings is 2. The highest BCUT2D eigenvalue weighted by atomic mass is 79.9. The first-order valence-electron chi connectivity index (χ1n) is 5.86. The zero-order chi connectivity index (χ0) is 13.9. The molecule has 0 bridgehead atoms. The first-order chi connectivity index (χ1) is 9.70. The number of aromatic hydroxyl groups is 1. The van der Waals surface area contributed by atoms with Crippen molar-refractivity contribution in [2.75, 3.05) is 5.32 Å². The Morgan fingerprint density at radius 2 is 1.65 bits per heavy atom. The molecular formula is C14H10BrN3O2. The molecule has 2 aromatic carbocycles. The summed E-state index contributed by atoms with van der Waals surface area (Å²) < 4.78 is 6.52. The Balaban J connectivity index is 1.80. The number of hydrogen-bond acceptors (Lipinski definition) is 5. The van der Waals surface area contributed by atoms with Gasteiger partial charge in [0.2, 0.25) is 5.89 Å². The van der Waals surface area contributed by atoms with Gasteiger partial charge < -0.3 is 14.8 Å². The van der Waals surface area contributed by atoms with E-state index in [-0.39, 0.29) is 5.75 Å². The van der Waals surface area contributed by atoms with E-state index in [9.17, 15) is 5.11 Å². The maximum Gasteiger partial charge on any atom is 0.320 e. The van der Waals surface area contributed by atoms with Gasteiger partial charge in [-0.15, -0.1) is 5.10 Å². The predicted octanol–water partition coefficient (Wildman–Crippen LogP) is 3.95. The Labute approximate surface area is 123 Å². The number of rotatable bonds is 3. The summed E-state index contributed by atoms with van der Waals surface area (Å²) in [6.07, 6.45) is 0. The molecule has 0 radical (unpaired) electrons. The van der Waals surface area contributed by atoms with Crippen LogP contribution in [0, 0.1) is 0 Å². The van der Waals surface area contributed by atoms with Gasteiger partial charge in [-0.2, -0.15) is 0 Å². The fourth-order valence-corrected chi connectivity index (χ4v) is 1.92. The van der Waals surface area contributed by atoms with Crippen LogP contribution in [0.3, 0.4) is 0 Å². The van der Waals surface area contributed by atoms with E-state index in [2.05, 4.69) is 31.4 Å². The highest BCUT2D eigenvalue weighted by Crippen LogP contribution is 2.24. The van der Waals surface area contributed by atoms with Gasteiger partial charge in [0.1, 0.15) is 5.75 Å². The Bertz CT molecular complexity index is 708. The Hall–Kier alpha value is -2.34. The van der Waals surface area contributed by atoms with Crippen molar-refractivity contribution in [3.63, 3.8) is 0 Å². The highest BCUT2D eigenvalue weighted by molar-refractivity contribution is 9.10. The molecule has 0 fully saturated rings. The fourth-order valence-electron chi connectivity index (χ4n) is 1.65. The van der Waals surface area contributed by atoms with Gasteiger partial charge in [-0.25, -0.2) is 0 Å². The van der Waals surface area contributed by atoms with Gasteiger partial charge in [0.25, 0.3) is 0 Å². The molecule has 20 heavy (non-hydrogen) atoms. The van der Waals surface area contributed by atoms with E-state index >= 15 is 0 Å². The molecule has 3 aromatic rings. The van der Waals surface area contributed by atoms with E-state index in [1.54, 1.807) is 24.3 Å². The van der Waals surface area contributed by atoms with E-state index in [1.165, 1.54) is 0 Å². The monoisotopic (exact) mass is 331 g/mol. The fraction of sp³-hybridized carbons (Fsp3) is 0. The van der Waals surface area contributed by atoms with E-state index in [4.69, 9.17) is 4.42 Å². The second-order valence-electron chi connectivity index (χ2n) is 4.09. The molecule has 0 atom stereocenters. The molecule has 2 N–H and O–H groups in total. The molecular weight excluding hydrogens is 322 g/mol. The minimum atomic E-state index is 0.196. The van der Waals surface area contributed by atoms with E-state index in [1.807, 2.05) is 24.3 Å². The summed E-state index contributed by atoms with van der Waals surface area (Å²) in [5.41, 5.74) is 1.60. The lowest BCUT2D eigenvalue weighted by Gasteiger charge is -2.00. The number of aromatic nitrogens is 2. The molecule has 0 aliphatic rings. The van der Waals surface area contributed by atoms with Crippen molar-refractivity contribution in [1.82, 2.24) is 10.2 Å². The van der Waals surface area contributed by atoms with Crippen molar-refractivity contribution < 1.29 is 9.52 Å². The van der Waals surface area contributed by atoms with Crippen LogP contribution < -0.4 is 5.32 Å². The third-order valence-electron chi connectivity index (χ3n) is 2.63.